The molecule has 2 unspecified atom stereocenters. The molecule has 0 amide bonds. The lowest BCUT2D eigenvalue weighted by Gasteiger charge is -2.10. The van der Waals surface area contributed by atoms with E-state index in [0.717, 1.165) is 0 Å². The van der Waals surface area contributed by atoms with Crippen molar-refractivity contribution in [1.82, 2.24) is 0 Å². The van der Waals surface area contributed by atoms with Crippen LogP contribution >= 0.6 is 15.9 Å². The molecule has 0 bridgehead atoms. The van der Waals surface area contributed by atoms with Crippen molar-refractivity contribution in [3.63, 3.8) is 0 Å². The van der Waals surface area contributed by atoms with Crippen molar-refractivity contribution >= 4 is 21.9 Å². The third kappa shape index (κ3) is 1.25. The molecule has 14 heavy (non-hydrogen) atoms. The van der Waals surface area contributed by atoms with Gasteiger partial charge in [0.25, 0.3) is 0 Å². The SMILES string of the molecule is O=C(O)C1(c2ccc(F)cc2)CC1Br. The molecule has 74 valence electrons. The van der Waals surface area contributed by atoms with Crippen LogP contribution in [0.5, 0.6) is 0 Å². The summed E-state index contributed by atoms with van der Waals surface area (Å²) in [6.07, 6.45) is 0.563. The Morgan fingerprint density at radius 3 is 2.36 bits per heavy atom. The first-order valence-electron chi connectivity index (χ1n) is 4.21. The third-order valence-electron chi connectivity index (χ3n) is 2.62. The number of carboxylic acid groups (broad SMARTS) is 1. The van der Waals surface area contributed by atoms with Crippen LogP contribution in [-0.2, 0) is 10.2 Å². The van der Waals surface area contributed by atoms with Gasteiger partial charge >= 0.3 is 5.97 Å². The van der Waals surface area contributed by atoms with Crippen molar-refractivity contribution in [2.45, 2.75) is 16.7 Å². The number of carboxylic acids is 1. The van der Waals surface area contributed by atoms with Crippen LogP contribution in [0.4, 0.5) is 4.39 Å². The normalized spacial score (nSPS) is 30.0. The second-order valence-electron chi connectivity index (χ2n) is 3.46. The first kappa shape index (κ1) is 9.65. The second kappa shape index (κ2) is 3.05. The maximum absolute atomic E-state index is 12.6. The summed E-state index contributed by atoms with van der Waals surface area (Å²) in [5, 5.41) is 9.07. The molecule has 1 fully saturated rings. The van der Waals surface area contributed by atoms with Gasteiger partial charge in [0.1, 0.15) is 11.2 Å². The van der Waals surface area contributed by atoms with E-state index in [4.69, 9.17) is 5.11 Å². The maximum atomic E-state index is 12.6. The summed E-state index contributed by atoms with van der Waals surface area (Å²) < 4.78 is 12.6. The highest BCUT2D eigenvalue weighted by molar-refractivity contribution is 9.09. The van der Waals surface area contributed by atoms with Gasteiger partial charge in [0, 0.05) is 4.83 Å². The van der Waals surface area contributed by atoms with Crippen LogP contribution in [-0.4, -0.2) is 15.9 Å². The molecule has 0 aromatic heterocycles. The Labute approximate surface area is 88.9 Å². The van der Waals surface area contributed by atoms with E-state index in [2.05, 4.69) is 15.9 Å². The molecule has 2 rings (SSSR count). The van der Waals surface area contributed by atoms with Gasteiger partial charge in [-0.1, -0.05) is 28.1 Å². The van der Waals surface area contributed by atoms with Crippen molar-refractivity contribution in [3.05, 3.63) is 35.6 Å². The molecular weight excluding hydrogens is 251 g/mol. The number of carbonyl (C=O) groups is 1. The molecule has 1 aliphatic rings. The highest BCUT2D eigenvalue weighted by Gasteiger charge is 2.60. The van der Waals surface area contributed by atoms with Crippen LogP contribution in [0.2, 0.25) is 0 Å². The molecule has 1 saturated carbocycles. The molecule has 2 nitrogen and oxygen atoms in total. The fourth-order valence-corrected chi connectivity index (χ4v) is 2.59. The van der Waals surface area contributed by atoms with Gasteiger partial charge in [-0.2, -0.15) is 0 Å². The van der Waals surface area contributed by atoms with Gasteiger partial charge in [0.05, 0.1) is 0 Å². The van der Waals surface area contributed by atoms with Crippen molar-refractivity contribution in [2.75, 3.05) is 0 Å². The molecule has 2 atom stereocenters. The predicted octanol–water partition coefficient (Wildman–Crippen LogP) is 2.32. The van der Waals surface area contributed by atoms with Crippen LogP contribution in [0.1, 0.15) is 12.0 Å². The largest absolute Gasteiger partial charge is 0.481 e. The van der Waals surface area contributed by atoms with Gasteiger partial charge < -0.3 is 5.11 Å². The zero-order chi connectivity index (χ0) is 10.3. The molecule has 0 saturated heterocycles. The number of alkyl halides is 1. The smallest absolute Gasteiger partial charge is 0.315 e. The van der Waals surface area contributed by atoms with Gasteiger partial charge in [-0.3, -0.25) is 4.79 Å². The van der Waals surface area contributed by atoms with Gasteiger partial charge in [-0.15, -0.1) is 0 Å². The topological polar surface area (TPSA) is 37.3 Å². The number of aliphatic carboxylic acids is 1. The Morgan fingerprint density at radius 1 is 1.50 bits per heavy atom. The number of halogens is 2. The zero-order valence-corrected chi connectivity index (χ0v) is 8.79. The van der Waals surface area contributed by atoms with Crippen LogP contribution in [0.3, 0.4) is 0 Å². The Kier molecular flexibility index (Phi) is 2.10. The van der Waals surface area contributed by atoms with Crippen molar-refractivity contribution in [3.8, 4) is 0 Å². The monoisotopic (exact) mass is 258 g/mol. The summed E-state index contributed by atoms with van der Waals surface area (Å²) in [6.45, 7) is 0. The highest BCUT2D eigenvalue weighted by atomic mass is 79.9. The minimum Gasteiger partial charge on any atom is -0.481 e. The van der Waals surface area contributed by atoms with E-state index in [1.165, 1.54) is 24.3 Å². The molecule has 0 radical (unpaired) electrons. The molecule has 0 heterocycles. The quantitative estimate of drug-likeness (QED) is 0.827. The van der Waals surface area contributed by atoms with Crippen molar-refractivity contribution in [1.29, 1.82) is 0 Å². The Morgan fingerprint density at radius 2 is 2.00 bits per heavy atom. The molecular formula is C10H8BrFO2. The van der Waals surface area contributed by atoms with Crippen molar-refractivity contribution in [2.24, 2.45) is 0 Å². The number of benzene rings is 1. The Balaban J connectivity index is 2.39. The summed E-state index contributed by atoms with van der Waals surface area (Å²) in [5.74, 6) is -1.20. The molecule has 0 spiro atoms. The lowest BCUT2D eigenvalue weighted by atomic mass is 9.96. The zero-order valence-electron chi connectivity index (χ0n) is 7.21. The molecule has 4 heteroatoms. The lowest BCUT2D eigenvalue weighted by Crippen LogP contribution is -2.22. The maximum Gasteiger partial charge on any atom is 0.315 e. The first-order chi connectivity index (χ1) is 6.57. The van der Waals surface area contributed by atoms with E-state index < -0.39 is 11.4 Å². The van der Waals surface area contributed by atoms with E-state index in [-0.39, 0.29) is 10.6 Å². The number of hydrogen-bond acceptors (Lipinski definition) is 1. The number of hydrogen-bond donors (Lipinski definition) is 1. The van der Waals surface area contributed by atoms with E-state index in [1.54, 1.807) is 0 Å². The van der Waals surface area contributed by atoms with Gasteiger partial charge in [0.2, 0.25) is 0 Å². The first-order valence-corrected chi connectivity index (χ1v) is 5.12. The summed E-state index contributed by atoms with van der Waals surface area (Å²) >= 11 is 3.29. The van der Waals surface area contributed by atoms with Crippen molar-refractivity contribution < 1.29 is 14.3 Å². The minimum atomic E-state index is -0.856. The second-order valence-corrected chi connectivity index (χ2v) is 4.56. The van der Waals surface area contributed by atoms with E-state index >= 15 is 0 Å². The van der Waals surface area contributed by atoms with E-state index in [0.29, 0.717) is 12.0 Å². The molecule has 1 aromatic carbocycles. The summed E-state index contributed by atoms with van der Waals surface area (Å²) in [5.41, 5.74) is -0.179. The van der Waals surface area contributed by atoms with E-state index in [1.807, 2.05) is 0 Å². The molecule has 1 aliphatic carbocycles. The van der Waals surface area contributed by atoms with E-state index in [9.17, 15) is 9.18 Å². The Hall–Kier alpha value is -0.900. The average molecular weight is 259 g/mol. The van der Waals surface area contributed by atoms with Crippen LogP contribution < -0.4 is 0 Å². The minimum absolute atomic E-state index is 0.0436. The molecule has 0 aliphatic heterocycles. The van der Waals surface area contributed by atoms with Crippen LogP contribution in [0, 0.1) is 5.82 Å². The lowest BCUT2D eigenvalue weighted by molar-refractivity contribution is -0.139. The van der Waals surface area contributed by atoms with Crippen LogP contribution in [0.15, 0.2) is 24.3 Å². The number of rotatable bonds is 2. The fraction of sp³-hybridized carbons (Fsp3) is 0.300. The highest BCUT2D eigenvalue weighted by Crippen LogP contribution is 2.53. The van der Waals surface area contributed by atoms with Gasteiger partial charge in [-0.05, 0) is 24.1 Å². The predicted molar refractivity (Wildman–Crippen MR) is 53.0 cm³/mol. The van der Waals surface area contributed by atoms with Gasteiger partial charge in [0.15, 0.2) is 0 Å². The van der Waals surface area contributed by atoms with Crippen LogP contribution in [0.25, 0.3) is 0 Å². The fourth-order valence-electron chi connectivity index (χ4n) is 1.61. The average Bonchev–Trinajstić information content (AvgIpc) is 2.80. The summed E-state index contributed by atoms with van der Waals surface area (Å²) in [6, 6.07) is 5.64. The summed E-state index contributed by atoms with van der Waals surface area (Å²) in [4.78, 5) is 11.0. The molecule has 1 N–H and O–H groups in total. The standard InChI is InChI=1S/C10H8BrFO2/c11-8-5-10(8,9(13)14)6-1-3-7(12)4-2-6/h1-4,8H,5H2,(H,13,14). The Bertz CT molecular complexity index is 376. The molecule has 1 aromatic rings. The summed E-state index contributed by atoms with van der Waals surface area (Å²) in [7, 11) is 0. The van der Waals surface area contributed by atoms with Gasteiger partial charge in [-0.25, -0.2) is 4.39 Å². The third-order valence-corrected chi connectivity index (χ3v) is 3.72.